The molecule has 0 aromatic heterocycles. The molecule has 1 heterocycles. The minimum Gasteiger partial charge on any atom is -0.288 e. The third-order valence-electron chi connectivity index (χ3n) is 2.49. The molecule has 5 heteroatoms. The highest BCUT2D eigenvalue weighted by Crippen LogP contribution is 2.14. The highest BCUT2D eigenvalue weighted by molar-refractivity contribution is 7.91. The van der Waals surface area contributed by atoms with Gasteiger partial charge in [0.25, 0.3) is 0 Å². The maximum absolute atomic E-state index is 12.8. The van der Waals surface area contributed by atoms with Crippen LogP contribution in [0.5, 0.6) is 0 Å². The van der Waals surface area contributed by atoms with E-state index in [4.69, 9.17) is 0 Å². The number of hydrogen-bond donors (Lipinski definition) is 0. The second-order valence-corrected chi connectivity index (χ2v) is 6.12. The van der Waals surface area contributed by atoms with E-state index in [-0.39, 0.29) is 23.4 Å². The molecular weight excluding hydrogens is 229 g/mol. The molecule has 0 radical (unpaired) electrons. The summed E-state index contributed by atoms with van der Waals surface area (Å²) in [5, 5.41) is 0. The summed E-state index contributed by atoms with van der Waals surface area (Å²) in [6, 6.07) is 5.89. The van der Waals surface area contributed by atoms with Crippen molar-refractivity contribution in [2.45, 2.75) is 12.5 Å². The second-order valence-electron chi connectivity index (χ2n) is 3.89. The van der Waals surface area contributed by atoms with Gasteiger partial charge in [-0.15, -0.1) is 0 Å². The molecule has 0 spiro atoms. The topological polar surface area (TPSA) is 46.5 Å². The maximum atomic E-state index is 12.8. The maximum Gasteiger partial charge on any atom is 0.152 e. The summed E-state index contributed by atoms with van der Waals surface area (Å²) in [7, 11) is -2.90. The van der Waals surface area contributed by atoms with Crippen LogP contribution in [0, 0.1) is 5.82 Å². The zero-order valence-electron chi connectivity index (χ0n) is 8.64. The van der Waals surface area contributed by atoms with Crippen molar-refractivity contribution < 1.29 is 12.8 Å². The second kappa shape index (κ2) is 4.33. The van der Waals surface area contributed by atoms with Gasteiger partial charge < -0.3 is 0 Å². The van der Waals surface area contributed by atoms with Gasteiger partial charge in [0.2, 0.25) is 0 Å². The van der Waals surface area contributed by atoms with Crippen molar-refractivity contribution in [2.24, 2.45) is 4.99 Å². The molecule has 1 aliphatic heterocycles. The van der Waals surface area contributed by atoms with Crippen molar-refractivity contribution in [3.8, 4) is 0 Å². The van der Waals surface area contributed by atoms with Crippen LogP contribution in [0.1, 0.15) is 12.0 Å². The first-order chi connectivity index (χ1) is 7.55. The largest absolute Gasteiger partial charge is 0.288 e. The molecule has 0 N–H and O–H groups in total. The standard InChI is InChI=1S/C11H12FNO2S/c12-10-3-1-2-9(6-10)7-13-11-4-5-16(14,15)8-11/h1-3,6-7,11H,4-5,8H2/t11-/m0/s1. The summed E-state index contributed by atoms with van der Waals surface area (Å²) >= 11 is 0. The van der Waals surface area contributed by atoms with Crippen molar-refractivity contribution >= 4 is 16.1 Å². The van der Waals surface area contributed by atoms with Crippen LogP contribution in [0.2, 0.25) is 0 Å². The van der Waals surface area contributed by atoms with Gasteiger partial charge in [-0.2, -0.15) is 0 Å². The molecule has 86 valence electrons. The van der Waals surface area contributed by atoms with Crippen molar-refractivity contribution in [1.29, 1.82) is 0 Å². The van der Waals surface area contributed by atoms with Gasteiger partial charge >= 0.3 is 0 Å². The lowest BCUT2D eigenvalue weighted by molar-refractivity contribution is 0.601. The Balaban J connectivity index is 2.05. The van der Waals surface area contributed by atoms with Crippen LogP contribution in [-0.4, -0.2) is 32.2 Å². The molecule has 1 aromatic carbocycles. The number of hydrogen-bond acceptors (Lipinski definition) is 3. The first-order valence-corrected chi connectivity index (χ1v) is 6.86. The molecule has 0 aliphatic carbocycles. The van der Waals surface area contributed by atoms with Crippen LogP contribution in [0.15, 0.2) is 29.3 Å². The number of benzene rings is 1. The minimum atomic E-state index is -2.90. The van der Waals surface area contributed by atoms with Gasteiger partial charge in [-0.3, -0.25) is 4.99 Å². The molecule has 1 saturated heterocycles. The molecule has 0 bridgehead atoms. The Labute approximate surface area is 93.9 Å². The van der Waals surface area contributed by atoms with E-state index in [1.807, 2.05) is 0 Å². The quantitative estimate of drug-likeness (QED) is 0.735. The van der Waals surface area contributed by atoms with Gasteiger partial charge in [-0.05, 0) is 24.1 Å². The van der Waals surface area contributed by atoms with Crippen molar-refractivity contribution in [1.82, 2.24) is 0 Å². The first-order valence-electron chi connectivity index (χ1n) is 5.04. The average Bonchev–Trinajstić information content (AvgIpc) is 2.56. The van der Waals surface area contributed by atoms with Crippen molar-refractivity contribution in [3.05, 3.63) is 35.6 Å². The zero-order valence-corrected chi connectivity index (χ0v) is 9.45. The predicted octanol–water partition coefficient (Wildman–Crippen LogP) is 1.43. The lowest BCUT2D eigenvalue weighted by Gasteiger charge is -1.99. The average molecular weight is 241 g/mol. The molecule has 3 nitrogen and oxygen atoms in total. The minimum absolute atomic E-state index is 0.110. The molecule has 2 rings (SSSR count). The molecule has 16 heavy (non-hydrogen) atoms. The number of aliphatic imine (C=N–C) groups is 1. The fourth-order valence-corrected chi connectivity index (χ4v) is 3.31. The van der Waals surface area contributed by atoms with E-state index in [2.05, 4.69) is 4.99 Å². The fourth-order valence-electron chi connectivity index (χ4n) is 1.67. The van der Waals surface area contributed by atoms with Gasteiger partial charge in [0.1, 0.15) is 5.82 Å². The Kier molecular flexibility index (Phi) is 3.05. The van der Waals surface area contributed by atoms with Gasteiger partial charge in [0.05, 0.1) is 17.5 Å². The van der Waals surface area contributed by atoms with E-state index in [0.717, 1.165) is 0 Å². The number of sulfone groups is 1. The Morgan fingerprint density at radius 1 is 1.44 bits per heavy atom. The summed E-state index contributed by atoms with van der Waals surface area (Å²) in [6.45, 7) is 0. The van der Waals surface area contributed by atoms with Crippen LogP contribution in [0.3, 0.4) is 0 Å². The molecule has 1 fully saturated rings. The summed E-state index contributed by atoms with van der Waals surface area (Å²) in [5.74, 6) is -0.000231. The van der Waals surface area contributed by atoms with Crippen LogP contribution in [0.25, 0.3) is 0 Å². The van der Waals surface area contributed by atoms with E-state index in [1.165, 1.54) is 18.3 Å². The third-order valence-corrected chi connectivity index (χ3v) is 4.24. The highest BCUT2D eigenvalue weighted by atomic mass is 32.2. The zero-order chi connectivity index (χ0) is 11.6. The van der Waals surface area contributed by atoms with E-state index in [9.17, 15) is 12.8 Å². The first kappa shape index (κ1) is 11.3. The van der Waals surface area contributed by atoms with Crippen LogP contribution in [0.4, 0.5) is 4.39 Å². The van der Waals surface area contributed by atoms with E-state index in [1.54, 1.807) is 12.1 Å². The molecule has 1 atom stereocenters. The summed E-state index contributed by atoms with van der Waals surface area (Å²) < 4.78 is 35.2. The van der Waals surface area contributed by atoms with Crippen LogP contribution < -0.4 is 0 Å². The number of nitrogens with zero attached hydrogens (tertiary/aromatic N) is 1. The van der Waals surface area contributed by atoms with Gasteiger partial charge in [-0.25, -0.2) is 12.8 Å². The van der Waals surface area contributed by atoms with Gasteiger partial charge in [-0.1, -0.05) is 12.1 Å². The Bertz CT molecular complexity index is 510. The third kappa shape index (κ3) is 2.88. The normalized spacial score (nSPS) is 23.9. The Morgan fingerprint density at radius 2 is 2.25 bits per heavy atom. The van der Waals surface area contributed by atoms with Gasteiger partial charge in [0, 0.05) is 6.21 Å². The number of rotatable bonds is 2. The number of halogens is 1. The molecule has 1 aliphatic rings. The van der Waals surface area contributed by atoms with Crippen molar-refractivity contribution in [2.75, 3.05) is 11.5 Å². The van der Waals surface area contributed by atoms with Crippen molar-refractivity contribution in [3.63, 3.8) is 0 Å². The van der Waals surface area contributed by atoms with Crippen LogP contribution in [-0.2, 0) is 9.84 Å². The van der Waals surface area contributed by atoms with E-state index >= 15 is 0 Å². The molecule has 0 saturated carbocycles. The summed E-state index contributed by atoms with van der Waals surface area (Å²) in [6.07, 6.45) is 2.10. The highest BCUT2D eigenvalue weighted by Gasteiger charge is 2.26. The lowest BCUT2D eigenvalue weighted by Crippen LogP contribution is -2.07. The van der Waals surface area contributed by atoms with Crippen LogP contribution >= 0.6 is 0 Å². The summed E-state index contributed by atoms with van der Waals surface area (Å²) in [4.78, 5) is 4.16. The molecular formula is C11H12FNO2S. The van der Waals surface area contributed by atoms with E-state index in [0.29, 0.717) is 12.0 Å². The molecule has 0 unspecified atom stereocenters. The fraction of sp³-hybridized carbons (Fsp3) is 0.364. The smallest absolute Gasteiger partial charge is 0.152 e. The SMILES string of the molecule is O=S1(=O)CC[C@H](N=Cc2cccc(F)c2)C1. The Morgan fingerprint density at radius 3 is 2.88 bits per heavy atom. The molecule has 1 aromatic rings. The van der Waals surface area contributed by atoms with Gasteiger partial charge in [0.15, 0.2) is 9.84 Å². The monoisotopic (exact) mass is 241 g/mol. The molecule has 0 amide bonds. The van der Waals surface area contributed by atoms with E-state index < -0.39 is 9.84 Å². The Hall–Kier alpha value is -1.23. The summed E-state index contributed by atoms with van der Waals surface area (Å²) in [5.41, 5.74) is 0.657. The lowest BCUT2D eigenvalue weighted by atomic mass is 10.2. The predicted molar refractivity (Wildman–Crippen MR) is 61.1 cm³/mol.